The van der Waals surface area contributed by atoms with E-state index in [0.717, 1.165) is 77.5 Å². The van der Waals surface area contributed by atoms with Crippen LogP contribution in [0, 0.1) is 0 Å². The van der Waals surface area contributed by atoms with Gasteiger partial charge < -0.3 is 19.7 Å². The standard InChI is InChI=1S/C26H28ClN7O2/c1-35-18-5-3-17(4-6-18)32-26-29-14-21-23(33-26)20(13-28-24(21)27)16-2-7-19-22(12-16)30-15-31-25(19)34-8-10-36-11-9-34/h2,7,12-15,17-18H,3-6,8-11H2,1H3,(H,29,32,33)/t17-,18-. The number of fused-ring (bicyclic) bond motifs is 2. The molecule has 0 amide bonds. The molecule has 1 aromatic carbocycles. The number of halogens is 1. The summed E-state index contributed by atoms with van der Waals surface area (Å²) in [6.07, 6.45) is 9.62. The Labute approximate surface area is 214 Å². The van der Waals surface area contributed by atoms with E-state index in [9.17, 15) is 0 Å². The van der Waals surface area contributed by atoms with Gasteiger partial charge in [0, 0.05) is 49.6 Å². The Balaban J connectivity index is 1.35. The molecule has 0 bridgehead atoms. The zero-order valence-electron chi connectivity index (χ0n) is 20.2. The van der Waals surface area contributed by atoms with Crippen molar-refractivity contribution < 1.29 is 9.47 Å². The molecular weight excluding hydrogens is 478 g/mol. The van der Waals surface area contributed by atoms with E-state index < -0.39 is 0 Å². The number of ether oxygens (including phenoxy) is 2. The van der Waals surface area contributed by atoms with E-state index in [2.05, 4.69) is 48.4 Å². The SMILES string of the molecule is CO[C@H]1CC[C@H](Nc2ncc3c(Cl)ncc(-c4ccc5c(N6CCOCC6)ncnc5c4)c3n2)CC1. The minimum absolute atomic E-state index is 0.325. The zero-order valence-corrected chi connectivity index (χ0v) is 20.9. The lowest BCUT2D eigenvalue weighted by Gasteiger charge is -2.28. The molecule has 10 heteroatoms. The minimum atomic E-state index is 0.325. The normalized spacial score (nSPS) is 20.7. The number of aromatic nitrogens is 5. The van der Waals surface area contributed by atoms with Crippen molar-refractivity contribution in [2.45, 2.75) is 37.8 Å². The molecule has 0 radical (unpaired) electrons. The number of nitrogens with zero attached hydrogens (tertiary/aromatic N) is 6. The topological polar surface area (TPSA) is 98.2 Å². The van der Waals surface area contributed by atoms with Crippen LogP contribution in [-0.2, 0) is 9.47 Å². The lowest BCUT2D eigenvalue weighted by atomic mass is 9.93. The molecule has 2 aliphatic rings. The van der Waals surface area contributed by atoms with Crippen LogP contribution in [-0.4, -0.2) is 70.5 Å². The molecule has 4 heterocycles. The molecule has 3 aromatic heterocycles. The van der Waals surface area contributed by atoms with E-state index in [1.54, 1.807) is 25.8 Å². The van der Waals surface area contributed by atoms with Crippen molar-refractivity contribution in [3.05, 3.63) is 42.1 Å². The van der Waals surface area contributed by atoms with Crippen molar-refractivity contribution >= 4 is 45.2 Å². The van der Waals surface area contributed by atoms with Crippen molar-refractivity contribution in [2.24, 2.45) is 0 Å². The zero-order chi connectivity index (χ0) is 24.5. The molecule has 2 fully saturated rings. The fourth-order valence-corrected chi connectivity index (χ4v) is 5.32. The van der Waals surface area contributed by atoms with Gasteiger partial charge in [-0.15, -0.1) is 0 Å². The highest BCUT2D eigenvalue weighted by atomic mass is 35.5. The summed E-state index contributed by atoms with van der Waals surface area (Å²) in [7, 11) is 1.78. The number of rotatable bonds is 5. The van der Waals surface area contributed by atoms with E-state index in [4.69, 9.17) is 26.1 Å². The molecule has 9 nitrogen and oxygen atoms in total. The summed E-state index contributed by atoms with van der Waals surface area (Å²) in [6.45, 7) is 3.05. The van der Waals surface area contributed by atoms with Crippen LogP contribution in [0.15, 0.2) is 36.9 Å². The van der Waals surface area contributed by atoms with Gasteiger partial charge in [-0.2, -0.15) is 0 Å². The molecule has 1 saturated heterocycles. The molecule has 1 aliphatic carbocycles. The first-order valence-corrected chi connectivity index (χ1v) is 12.8. The second kappa shape index (κ2) is 10.1. The molecule has 1 saturated carbocycles. The maximum atomic E-state index is 6.43. The van der Waals surface area contributed by atoms with Crippen molar-refractivity contribution in [2.75, 3.05) is 43.6 Å². The van der Waals surface area contributed by atoms with Gasteiger partial charge in [0.05, 0.1) is 35.7 Å². The van der Waals surface area contributed by atoms with Crippen molar-refractivity contribution in [3.8, 4) is 11.1 Å². The second-order valence-electron chi connectivity index (χ2n) is 9.30. The molecule has 0 spiro atoms. The van der Waals surface area contributed by atoms with Gasteiger partial charge in [0.1, 0.15) is 17.3 Å². The van der Waals surface area contributed by atoms with Crippen LogP contribution < -0.4 is 10.2 Å². The molecule has 0 atom stereocenters. The lowest BCUT2D eigenvalue weighted by Crippen LogP contribution is -2.36. The molecule has 4 aromatic rings. The van der Waals surface area contributed by atoms with E-state index in [0.29, 0.717) is 36.5 Å². The number of anilines is 2. The summed E-state index contributed by atoms with van der Waals surface area (Å²) in [5, 5.41) is 5.63. The number of morpholine rings is 1. The van der Waals surface area contributed by atoms with E-state index in [-0.39, 0.29) is 0 Å². The summed E-state index contributed by atoms with van der Waals surface area (Å²) in [4.78, 5) is 25.2. The molecule has 1 aliphatic heterocycles. The van der Waals surface area contributed by atoms with Crippen LogP contribution in [0.3, 0.4) is 0 Å². The summed E-state index contributed by atoms with van der Waals surface area (Å²) < 4.78 is 11.0. The monoisotopic (exact) mass is 505 g/mol. The Hall–Kier alpha value is -3.14. The molecule has 186 valence electrons. The van der Waals surface area contributed by atoms with Crippen LogP contribution in [0.1, 0.15) is 25.7 Å². The highest BCUT2D eigenvalue weighted by Gasteiger charge is 2.22. The maximum absolute atomic E-state index is 6.43. The minimum Gasteiger partial charge on any atom is -0.381 e. The highest BCUT2D eigenvalue weighted by Crippen LogP contribution is 2.34. The van der Waals surface area contributed by atoms with E-state index in [1.807, 2.05) is 0 Å². The Bertz CT molecular complexity index is 1390. The van der Waals surface area contributed by atoms with Crippen LogP contribution >= 0.6 is 11.6 Å². The third-order valence-corrected chi connectivity index (χ3v) is 7.45. The second-order valence-corrected chi connectivity index (χ2v) is 9.66. The summed E-state index contributed by atoms with van der Waals surface area (Å²) in [5.41, 5.74) is 3.49. The van der Waals surface area contributed by atoms with Crippen LogP contribution in [0.2, 0.25) is 5.15 Å². The highest BCUT2D eigenvalue weighted by molar-refractivity contribution is 6.34. The predicted molar refractivity (Wildman–Crippen MR) is 141 cm³/mol. The number of hydrogen-bond acceptors (Lipinski definition) is 9. The van der Waals surface area contributed by atoms with E-state index >= 15 is 0 Å². The largest absolute Gasteiger partial charge is 0.381 e. The Kier molecular flexibility index (Phi) is 6.52. The summed E-state index contributed by atoms with van der Waals surface area (Å²) in [6, 6.07) is 6.53. The van der Waals surface area contributed by atoms with Crippen LogP contribution in [0.4, 0.5) is 11.8 Å². The lowest BCUT2D eigenvalue weighted by molar-refractivity contribution is 0.0681. The average Bonchev–Trinajstić information content (AvgIpc) is 2.93. The smallest absolute Gasteiger partial charge is 0.223 e. The first-order valence-electron chi connectivity index (χ1n) is 12.4. The van der Waals surface area contributed by atoms with Gasteiger partial charge in [-0.25, -0.2) is 24.9 Å². The number of benzene rings is 1. The Morgan fingerprint density at radius 3 is 2.64 bits per heavy atom. The fourth-order valence-electron chi connectivity index (χ4n) is 5.13. The van der Waals surface area contributed by atoms with Gasteiger partial charge in [-0.3, -0.25) is 0 Å². The van der Waals surface area contributed by atoms with Crippen molar-refractivity contribution in [1.29, 1.82) is 0 Å². The Morgan fingerprint density at radius 1 is 1.00 bits per heavy atom. The van der Waals surface area contributed by atoms with Crippen molar-refractivity contribution in [3.63, 3.8) is 0 Å². The first kappa shape index (κ1) is 23.3. The Morgan fingerprint density at radius 2 is 1.83 bits per heavy atom. The van der Waals surface area contributed by atoms with Crippen LogP contribution in [0.25, 0.3) is 32.9 Å². The van der Waals surface area contributed by atoms with Gasteiger partial charge in [0.2, 0.25) is 5.95 Å². The molecule has 36 heavy (non-hydrogen) atoms. The van der Waals surface area contributed by atoms with E-state index in [1.165, 1.54) is 0 Å². The molecule has 6 rings (SSSR count). The fraction of sp³-hybridized carbons (Fsp3) is 0.423. The third kappa shape index (κ3) is 4.54. The van der Waals surface area contributed by atoms with Gasteiger partial charge in [-0.05, 0) is 43.4 Å². The summed E-state index contributed by atoms with van der Waals surface area (Å²) >= 11 is 6.43. The van der Waals surface area contributed by atoms with Gasteiger partial charge in [0.15, 0.2) is 0 Å². The third-order valence-electron chi connectivity index (χ3n) is 7.15. The average molecular weight is 506 g/mol. The number of hydrogen-bond donors (Lipinski definition) is 1. The number of nitrogens with one attached hydrogen (secondary N) is 1. The first-order chi connectivity index (χ1) is 17.7. The van der Waals surface area contributed by atoms with Gasteiger partial charge in [0.25, 0.3) is 0 Å². The quantitative estimate of drug-likeness (QED) is 0.393. The van der Waals surface area contributed by atoms with Crippen molar-refractivity contribution in [1.82, 2.24) is 24.9 Å². The molecule has 0 unspecified atom stereocenters. The molecular formula is C26H28ClN7O2. The summed E-state index contributed by atoms with van der Waals surface area (Å²) in [5.74, 6) is 1.54. The number of methoxy groups -OCH3 is 1. The maximum Gasteiger partial charge on any atom is 0.223 e. The van der Waals surface area contributed by atoms with Gasteiger partial charge >= 0.3 is 0 Å². The predicted octanol–water partition coefficient (Wildman–Crippen LogP) is 4.49. The molecule has 1 N–H and O–H groups in total. The van der Waals surface area contributed by atoms with Gasteiger partial charge in [-0.1, -0.05) is 17.7 Å². The van der Waals surface area contributed by atoms with Crippen LogP contribution in [0.5, 0.6) is 0 Å². The number of pyridine rings is 1.